The van der Waals surface area contributed by atoms with Crippen LogP contribution in [0.1, 0.15) is 57.6 Å². The molecule has 2 aliphatic carbocycles. The van der Waals surface area contributed by atoms with E-state index in [1.807, 2.05) is 18.5 Å². The van der Waals surface area contributed by atoms with Gasteiger partial charge < -0.3 is 19.5 Å². The van der Waals surface area contributed by atoms with E-state index < -0.39 is 17.4 Å². The monoisotopic (exact) mass is 532 g/mol. The minimum absolute atomic E-state index is 0.0261. The second-order valence-electron chi connectivity index (χ2n) is 10.3. The lowest BCUT2D eigenvalue weighted by Crippen LogP contribution is -2.30. The topological polar surface area (TPSA) is 96.2 Å². The van der Waals surface area contributed by atoms with Crippen LogP contribution in [0, 0.1) is 11.6 Å². The van der Waals surface area contributed by atoms with Crippen molar-refractivity contribution in [3.8, 4) is 0 Å². The molecule has 1 saturated heterocycles. The molecule has 3 fully saturated rings. The Hall–Kier alpha value is -2.41. The highest BCUT2D eigenvalue weighted by Crippen LogP contribution is 2.46. The van der Waals surface area contributed by atoms with E-state index in [0.717, 1.165) is 24.2 Å². The van der Waals surface area contributed by atoms with Crippen LogP contribution in [0.25, 0.3) is 11.2 Å². The van der Waals surface area contributed by atoms with Gasteiger partial charge in [0.1, 0.15) is 12.2 Å². The standard InChI is InChI=1S/C25H30F2N6O3S/c1-5-8-37-24-29-22(28-16-10-13(16)12-6-7-14(26)15(27)9-12)19-23(30-24)33(32-31-19)17-11-18(34-4)21-20(17)35-25(2,3)36-21/h6-7,9,13,16-18,20-21H,5,8,10-11H2,1-4H3,(H,28,29,30). The van der Waals surface area contributed by atoms with E-state index in [0.29, 0.717) is 28.6 Å². The Balaban J connectivity index is 1.32. The fraction of sp³-hybridized carbons (Fsp3) is 0.600. The van der Waals surface area contributed by atoms with Gasteiger partial charge in [-0.1, -0.05) is 30.0 Å². The molecule has 2 saturated carbocycles. The molecule has 3 aromatic rings. The highest BCUT2D eigenvalue weighted by atomic mass is 32.2. The summed E-state index contributed by atoms with van der Waals surface area (Å²) < 4.78 is 47.1. The van der Waals surface area contributed by atoms with Crippen LogP contribution in [0.5, 0.6) is 0 Å². The number of nitrogens with one attached hydrogen (secondary N) is 1. The number of ether oxygens (including phenoxy) is 3. The molecule has 0 amide bonds. The van der Waals surface area contributed by atoms with Crippen molar-refractivity contribution in [2.45, 2.75) is 87.3 Å². The summed E-state index contributed by atoms with van der Waals surface area (Å²) in [7, 11) is 1.68. The molecule has 6 rings (SSSR count). The minimum Gasteiger partial charge on any atom is -0.379 e. The molecule has 1 aromatic carbocycles. The fourth-order valence-electron chi connectivity index (χ4n) is 5.41. The molecule has 0 radical (unpaired) electrons. The number of methoxy groups -OCH3 is 1. The Morgan fingerprint density at radius 2 is 1.97 bits per heavy atom. The van der Waals surface area contributed by atoms with E-state index >= 15 is 0 Å². The number of rotatable bonds is 8. The first-order valence-corrected chi connectivity index (χ1v) is 13.6. The van der Waals surface area contributed by atoms with Crippen molar-refractivity contribution >= 4 is 28.7 Å². The first kappa shape index (κ1) is 24.9. The maximum Gasteiger partial charge on any atom is 0.191 e. The summed E-state index contributed by atoms with van der Waals surface area (Å²) in [6.07, 6.45) is 1.84. The molecule has 12 heteroatoms. The van der Waals surface area contributed by atoms with Gasteiger partial charge in [-0.2, -0.15) is 0 Å². The number of halogens is 2. The third-order valence-corrected chi connectivity index (χ3v) is 8.28. The maximum absolute atomic E-state index is 13.8. The first-order chi connectivity index (χ1) is 17.8. The molecule has 6 unspecified atom stereocenters. The van der Waals surface area contributed by atoms with Crippen molar-refractivity contribution < 1.29 is 23.0 Å². The van der Waals surface area contributed by atoms with Crippen LogP contribution in [0.15, 0.2) is 23.4 Å². The van der Waals surface area contributed by atoms with E-state index in [9.17, 15) is 8.78 Å². The maximum atomic E-state index is 13.8. The molecule has 0 bridgehead atoms. The van der Waals surface area contributed by atoms with Gasteiger partial charge in [-0.3, -0.25) is 0 Å². The fourth-order valence-corrected chi connectivity index (χ4v) is 6.11. The van der Waals surface area contributed by atoms with E-state index in [2.05, 4.69) is 22.6 Å². The molecule has 37 heavy (non-hydrogen) atoms. The zero-order valence-electron chi connectivity index (χ0n) is 21.1. The number of fused-ring (bicyclic) bond motifs is 2. The van der Waals surface area contributed by atoms with Crippen LogP contribution in [0.3, 0.4) is 0 Å². The molecule has 1 N–H and O–H groups in total. The summed E-state index contributed by atoms with van der Waals surface area (Å²) in [5.74, 6) is -0.868. The number of benzene rings is 1. The summed E-state index contributed by atoms with van der Waals surface area (Å²) in [6.45, 7) is 5.91. The summed E-state index contributed by atoms with van der Waals surface area (Å²) in [6, 6.07) is 3.94. The molecule has 3 heterocycles. The van der Waals surface area contributed by atoms with Gasteiger partial charge in [0.15, 0.2) is 39.6 Å². The quantitative estimate of drug-likeness (QED) is 0.333. The van der Waals surface area contributed by atoms with Gasteiger partial charge in [0.2, 0.25) is 0 Å². The molecular weight excluding hydrogens is 502 g/mol. The number of hydrogen-bond donors (Lipinski definition) is 1. The van der Waals surface area contributed by atoms with Crippen molar-refractivity contribution in [2.24, 2.45) is 0 Å². The zero-order valence-corrected chi connectivity index (χ0v) is 22.0. The van der Waals surface area contributed by atoms with Crippen molar-refractivity contribution in [3.05, 3.63) is 35.4 Å². The van der Waals surface area contributed by atoms with E-state index in [4.69, 9.17) is 24.2 Å². The lowest BCUT2D eigenvalue weighted by Gasteiger charge is -2.23. The van der Waals surface area contributed by atoms with Crippen LogP contribution in [-0.4, -0.2) is 68.0 Å². The minimum atomic E-state index is -0.842. The lowest BCUT2D eigenvalue weighted by molar-refractivity contribution is -0.168. The summed E-state index contributed by atoms with van der Waals surface area (Å²) in [5.41, 5.74) is 1.94. The van der Waals surface area contributed by atoms with Gasteiger partial charge >= 0.3 is 0 Å². The predicted octanol–water partition coefficient (Wildman–Crippen LogP) is 4.45. The van der Waals surface area contributed by atoms with Gasteiger partial charge in [0.05, 0.1) is 12.1 Å². The molecule has 0 spiro atoms. The van der Waals surface area contributed by atoms with E-state index in [-0.39, 0.29) is 36.3 Å². The summed E-state index contributed by atoms with van der Waals surface area (Å²) >= 11 is 1.57. The van der Waals surface area contributed by atoms with Crippen molar-refractivity contribution in [3.63, 3.8) is 0 Å². The highest BCUT2D eigenvalue weighted by Gasteiger charge is 2.55. The third-order valence-electron chi connectivity index (χ3n) is 7.22. The van der Waals surface area contributed by atoms with Gasteiger partial charge in [-0.05, 0) is 44.4 Å². The van der Waals surface area contributed by atoms with Crippen molar-refractivity contribution in [1.82, 2.24) is 25.0 Å². The van der Waals surface area contributed by atoms with Gasteiger partial charge in [0.25, 0.3) is 0 Å². The van der Waals surface area contributed by atoms with E-state index in [1.54, 1.807) is 24.9 Å². The van der Waals surface area contributed by atoms with Crippen LogP contribution in [0.4, 0.5) is 14.6 Å². The van der Waals surface area contributed by atoms with Crippen LogP contribution < -0.4 is 5.32 Å². The Labute approximate surface area is 217 Å². The van der Waals surface area contributed by atoms with Crippen LogP contribution in [0.2, 0.25) is 0 Å². The first-order valence-electron chi connectivity index (χ1n) is 12.6. The SMILES string of the molecule is CCCSc1nc(NC2CC2c2ccc(F)c(F)c2)c2nnn(C3CC(OC)C4OC(C)(C)OC43)c2n1. The molecule has 6 atom stereocenters. The van der Waals surface area contributed by atoms with Gasteiger partial charge in [-0.25, -0.2) is 23.4 Å². The number of hydrogen-bond acceptors (Lipinski definition) is 9. The Morgan fingerprint density at radius 3 is 2.73 bits per heavy atom. The van der Waals surface area contributed by atoms with Crippen molar-refractivity contribution in [2.75, 3.05) is 18.2 Å². The van der Waals surface area contributed by atoms with Crippen LogP contribution >= 0.6 is 11.8 Å². The highest BCUT2D eigenvalue weighted by molar-refractivity contribution is 7.99. The van der Waals surface area contributed by atoms with Gasteiger partial charge in [0, 0.05) is 31.2 Å². The Kier molecular flexibility index (Phi) is 6.33. The second kappa shape index (κ2) is 9.40. The number of anilines is 1. The summed E-state index contributed by atoms with van der Waals surface area (Å²) in [5, 5.41) is 13.1. The van der Waals surface area contributed by atoms with Crippen molar-refractivity contribution in [1.29, 1.82) is 0 Å². The number of aromatic nitrogens is 5. The average Bonchev–Trinajstić information content (AvgIpc) is 3.19. The largest absolute Gasteiger partial charge is 0.379 e. The van der Waals surface area contributed by atoms with Crippen LogP contribution in [-0.2, 0) is 14.2 Å². The molecular formula is C25H30F2N6O3S. The third kappa shape index (κ3) is 4.58. The van der Waals surface area contributed by atoms with Gasteiger partial charge in [-0.15, -0.1) is 5.10 Å². The Bertz CT molecular complexity index is 1320. The lowest BCUT2D eigenvalue weighted by atomic mass is 10.1. The smallest absolute Gasteiger partial charge is 0.191 e. The molecule has 198 valence electrons. The molecule has 1 aliphatic heterocycles. The summed E-state index contributed by atoms with van der Waals surface area (Å²) in [4.78, 5) is 9.58. The number of thioether (sulfide) groups is 1. The molecule has 3 aliphatic rings. The number of nitrogens with zero attached hydrogens (tertiary/aromatic N) is 5. The Morgan fingerprint density at radius 1 is 1.16 bits per heavy atom. The zero-order chi connectivity index (χ0) is 25.9. The normalized spacial score (nSPS) is 30.1. The molecule has 9 nitrogen and oxygen atoms in total. The average molecular weight is 533 g/mol. The second-order valence-corrected chi connectivity index (χ2v) is 11.4. The predicted molar refractivity (Wildman–Crippen MR) is 134 cm³/mol. The van der Waals surface area contributed by atoms with E-state index in [1.165, 1.54) is 12.1 Å². The molecule has 2 aromatic heterocycles.